The van der Waals surface area contributed by atoms with E-state index in [1.165, 1.54) is 7.11 Å². The number of rotatable bonds is 9. The lowest BCUT2D eigenvalue weighted by atomic mass is 9.86. The van der Waals surface area contributed by atoms with Crippen molar-refractivity contribution in [1.29, 1.82) is 0 Å². The number of aryl methyl sites for hydroxylation is 1. The molecule has 0 unspecified atom stereocenters. The molecule has 0 aliphatic carbocycles. The number of hydrazine groups is 2. The topological polar surface area (TPSA) is 130 Å². The first-order chi connectivity index (χ1) is 21.3. The fourth-order valence-corrected chi connectivity index (χ4v) is 5.71. The molecule has 11 nitrogen and oxygen atoms in total. The van der Waals surface area contributed by atoms with Crippen LogP contribution in [0.15, 0.2) is 73.1 Å². The SMILES string of the molecule is CCn1c(C2=CN(c3cc(C(=O)Nc4cc(C(C)(C)C)cc(NS(C)(=O)=O)c4OC)ccc3C)NN2)cnc1-c1ccccc1. The first kappa shape index (κ1) is 31.6. The Hall–Kier alpha value is -4.81. The fourth-order valence-electron chi connectivity index (χ4n) is 5.16. The number of hydrogen-bond donors (Lipinski definition) is 4. The van der Waals surface area contributed by atoms with Gasteiger partial charge in [-0.15, -0.1) is 5.53 Å². The van der Waals surface area contributed by atoms with Gasteiger partial charge < -0.3 is 14.6 Å². The molecular weight excluding hydrogens is 590 g/mol. The number of carbonyl (C=O) groups is 1. The van der Waals surface area contributed by atoms with E-state index in [0.29, 0.717) is 11.3 Å². The van der Waals surface area contributed by atoms with Gasteiger partial charge in [0.1, 0.15) is 5.82 Å². The van der Waals surface area contributed by atoms with Crippen LogP contribution in [0.2, 0.25) is 0 Å². The Balaban J connectivity index is 1.45. The summed E-state index contributed by atoms with van der Waals surface area (Å²) in [5.74, 6) is 0.721. The number of sulfonamides is 1. The quantitative estimate of drug-likeness (QED) is 0.187. The summed E-state index contributed by atoms with van der Waals surface area (Å²) in [6, 6.07) is 19.0. The third-order valence-electron chi connectivity index (χ3n) is 7.48. The number of anilines is 3. The van der Waals surface area contributed by atoms with Crippen LogP contribution >= 0.6 is 0 Å². The van der Waals surface area contributed by atoms with E-state index in [1.807, 2.05) is 81.5 Å². The molecule has 0 spiro atoms. The van der Waals surface area contributed by atoms with E-state index in [4.69, 9.17) is 9.72 Å². The smallest absolute Gasteiger partial charge is 0.255 e. The summed E-state index contributed by atoms with van der Waals surface area (Å²) in [7, 11) is -2.17. The Morgan fingerprint density at radius 2 is 1.76 bits per heavy atom. The zero-order valence-corrected chi connectivity index (χ0v) is 27.3. The highest BCUT2D eigenvalue weighted by atomic mass is 32.2. The number of amides is 1. The standard InChI is InChI=1S/C33H39N7O4S/c1-8-39-29(19-34-31(39)22-12-10-9-11-13-22)27-20-40(38-36-27)28-16-23(15-14-21(28)2)32(41)35-25-17-24(33(3,4)5)18-26(30(25)44-6)37-45(7,42)43/h9-20,36-38H,8H2,1-7H3,(H,35,41). The summed E-state index contributed by atoms with van der Waals surface area (Å²) in [5.41, 5.74) is 12.4. The van der Waals surface area contributed by atoms with Crippen LogP contribution in [0.4, 0.5) is 17.1 Å². The van der Waals surface area contributed by atoms with Gasteiger partial charge >= 0.3 is 0 Å². The molecule has 5 rings (SSSR count). The van der Waals surface area contributed by atoms with Crippen LogP contribution in [0.1, 0.15) is 54.9 Å². The van der Waals surface area contributed by atoms with Gasteiger partial charge in [0.05, 0.1) is 54.2 Å². The summed E-state index contributed by atoms with van der Waals surface area (Å²) >= 11 is 0. The first-order valence-corrected chi connectivity index (χ1v) is 16.4. The lowest BCUT2D eigenvalue weighted by Gasteiger charge is -2.24. The van der Waals surface area contributed by atoms with Crippen molar-refractivity contribution in [2.75, 3.05) is 28.4 Å². The van der Waals surface area contributed by atoms with E-state index < -0.39 is 10.0 Å². The van der Waals surface area contributed by atoms with E-state index >= 15 is 0 Å². The van der Waals surface area contributed by atoms with Crippen molar-refractivity contribution in [2.45, 2.75) is 46.6 Å². The molecule has 1 aliphatic rings. The van der Waals surface area contributed by atoms with Crippen LogP contribution in [0.5, 0.6) is 5.75 Å². The number of hydrogen-bond acceptors (Lipinski definition) is 8. The zero-order valence-electron chi connectivity index (χ0n) is 26.5. The number of nitrogens with one attached hydrogen (secondary N) is 4. The molecule has 2 heterocycles. The molecule has 1 aromatic heterocycles. The van der Waals surface area contributed by atoms with Crippen molar-refractivity contribution < 1.29 is 17.9 Å². The van der Waals surface area contributed by atoms with Crippen LogP contribution in [-0.4, -0.2) is 37.2 Å². The van der Waals surface area contributed by atoms with Crippen molar-refractivity contribution in [3.63, 3.8) is 0 Å². The molecule has 0 bridgehead atoms. The second kappa shape index (κ2) is 12.3. The minimum atomic E-state index is -3.60. The Bertz CT molecular complexity index is 1880. The summed E-state index contributed by atoms with van der Waals surface area (Å²) in [6.45, 7) is 10.8. The van der Waals surface area contributed by atoms with Gasteiger partial charge in [-0.25, -0.2) is 13.4 Å². The van der Waals surface area contributed by atoms with Gasteiger partial charge in [0.15, 0.2) is 5.75 Å². The highest BCUT2D eigenvalue weighted by molar-refractivity contribution is 7.92. The zero-order chi connectivity index (χ0) is 32.5. The maximum absolute atomic E-state index is 13.6. The molecule has 0 atom stereocenters. The van der Waals surface area contributed by atoms with Gasteiger partial charge in [0, 0.05) is 17.7 Å². The highest BCUT2D eigenvalue weighted by Crippen LogP contribution is 2.39. The third-order valence-corrected chi connectivity index (χ3v) is 8.07. The largest absolute Gasteiger partial charge is 0.492 e. The first-order valence-electron chi connectivity index (χ1n) is 14.6. The number of ether oxygens (including phenoxy) is 1. The molecule has 1 aliphatic heterocycles. The normalized spacial score (nSPS) is 13.3. The lowest BCUT2D eigenvalue weighted by Crippen LogP contribution is -2.36. The summed E-state index contributed by atoms with van der Waals surface area (Å²) in [5, 5.41) is 4.77. The minimum Gasteiger partial charge on any atom is -0.492 e. The molecule has 3 aromatic carbocycles. The van der Waals surface area contributed by atoms with E-state index in [1.54, 1.807) is 24.3 Å². The molecule has 0 saturated heterocycles. The molecule has 4 N–H and O–H groups in total. The number of carbonyl (C=O) groups excluding carboxylic acids is 1. The minimum absolute atomic E-state index is 0.217. The molecule has 12 heteroatoms. The number of imidazole rings is 1. The Morgan fingerprint density at radius 3 is 2.40 bits per heavy atom. The molecule has 0 saturated carbocycles. The van der Waals surface area contributed by atoms with Crippen molar-refractivity contribution in [3.05, 3.63) is 95.4 Å². The number of nitrogens with zero attached hydrogens (tertiary/aromatic N) is 3. The molecule has 0 radical (unpaired) electrons. The predicted molar refractivity (Wildman–Crippen MR) is 179 cm³/mol. The fraction of sp³-hybridized carbons (Fsp3) is 0.273. The van der Waals surface area contributed by atoms with Crippen LogP contribution < -0.4 is 30.7 Å². The van der Waals surface area contributed by atoms with Gasteiger partial charge in [-0.05, 0) is 54.7 Å². The van der Waals surface area contributed by atoms with Crippen molar-refractivity contribution in [2.24, 2.45) is 0 Å². The number of methoxy groups -OCH3 is 1. The summed E-state index contributed by atoms with van der Waals surface area (Å²) < 4.78 is 34.5. The van der Waals surface area contributed by atoms with Crippen LogP contribution in [0.3, 0.4) is 0 Å². The summed E-state index contributed by atoms with van der Waals surface area (Å²) in [6.07, 6.45) is 4.85. The lowest BCUT2D eigenvalue weighted by molar-refractivity contribution is 0.102. The molecule has 1 amide bonds. The van der Waals surface area contributed by atoms with E-state index in [2.05, 4.69) is 32.5 Å². The number of benzene rings is 3. The van der Waals surface area contributed by atoms with Gasteiger partial charge in [-0.3, -0.25) is 20.0 Å². The van der Waals surface area contributed by atoms with Gasteiger partial charge in [-0.2, -0.15) is 0 Å². The van der Waals surface area contributed by atoms with E-state index in [9.17, 15) is 13.2 Å². The molecular formula is C33H39N7O4S. The molecule has 45 heavy (non-hydrogen) atoms. The maximum atomic E-state index is 13.6. The van der Waals surface area contributed by atoms with E-state index in [-0.39, 0.29) is 22.8 Å². The third kappa shape index (κ3) is 6.81. The average molecular weight is 630 g/mol. The maximum Gasteiger partial charge on any atom is 0.255 e. The van der Waals surface area contributed by atoms with Gasteiger partial charge in [0.2, 0.25) is 10.0 Å². The molecule has 0 fully saturated rings. The van der Waals surface area contributed by atoms with Crippen LogP contribution in [0.25, 0.3) is 17.1 Å². The van der Waals surface area contributed by atoms with Crippen molar-refractivity contribution >= 4 is 38.7 Å². The Kier molecular flexibility index (Phi) is 8.63. The monoisotopic (exact) mass is 629 g/mol. The number of aromatic nitrogens is 2. The van der Waals surface area contributed by atoms with Crippen LogP contribution in [0, 0.1) is 6.92 Å². The molecule has 4 aromatic rings. The predicted octanol–water partition coefficient (Wildman–Crippen LogP) is 5.64. The summed E-state index contributed by atoms with van der Waals surface area (Å²) in [4.78, 5) is 18.3. The van der Waals surface area contributed by atoms with E-state index in [0.717, 1.165) is 52.4 Å². The van der Waals surface area contributed by atoms with Gasteiger partial charge in [-0.1, -0.05) is 57.2 Å². The highest BCUT2D eigenvalue weighted by Gasteiger charge is 2.24. The van der Waals surface area contributed by atoms with Crippen LogP contribution in [-0.2, 0) is 22.0 Å². The molecule has 236 valence electrons. The average Bonchev–Trinajstić information content (AvgIpc) is 3.64. The van der Waals surface area contributed by atoms with Gasteiger partial charge in [0.25, 0.3) is 5.91 Å². The van der Waals surface area contributed by atoms with Crippen molar-refractivity contribution in [1.82, 2.24) is 20.5 Å². The second-order valence-electron chi connectivity index (χ2n) is 11.9. The van der Waals surface area contributed by atoms with Crippen molar-refractivity contribution in [3.8, 4) is 17.1 Å². The second-order valence-corrected chi connectivity index (χ2v) is 13.7. The Morgan fingerprint density at radius 1 is 1.04 bits per heavy atom. The Labute approximate surface area is 264 Å².